The van der Waals surface area contributed by atoms with Crippen LogP contribution in [0.5, 0.6) is 11.5 Å². The number of carbonyl (C=O) groups is 2. The van der Waals surface area contributed by atoms with Crippen molar-refractivity contribution >= 4 is 11.8 Å². The van der Waals surface area contributed by atoms with Crippen LogP contribution in [0.25, 0.3) is 0 Å². The fraction of sp³-hybridized carbons (Fsp3) is 0.273. The van der Waals surface area contributed by atoms with E-state index in [0.29, 0.717) is 17.1 Å². The molecule has 6 nitrogen and oxygen atoms in total. The minimum atomic E-state index is -0.459. The molecule has 0 radical (unpaired) electrons. The van der Waals surface area contributed by atoms with Crippen LogP contribution in [0, 0.1) is 0 Å². The van der Waals surface area contributed by atoms with E-state index in [1.165, 1.54) is 21.1 Å². The van der Waals surface area contributed by atoms with Crippen molar-refractivity contribution in [2.45, 2.75) is 6.92 Å². The molecule has 0 bridgehead atoms. The number of amides is 2. The lowest BCUT2D eigenvalue weighted by Gasteiger charge is -2.10. The molecule has 0 saturated carbocycles. The van der Waals surface area contributed by atoms with Crippen LogP contribution in [0.2, 0.25) is 0 Å². The maximum atomic E-state index is 11.7. The number of nitrogens with one attached hydrogen (secondary N) is 2. The first-order valence-corrected chi connectivity index (χ1v) is 4.87. The van der Waals surface area contributed by atoms with Crippen molar-refractivity contribution in [2.75, 3.05) is 14.2 Å². The van der Waals surface area contributed by atoms with E-state index in [0.717, 1.165) is 0 Å². The first-order valence-electron chi connectivity index (χ1n) is 4.87. The molecule has 92 valence electrons. The van der Waals surface area contributed by atoms with E-state index in [-0.39, 0.29) is 5.91 Å². The predicted octanol–water partition coefficient (Wildman–Crippen LogP) is 0.485. The second-order valence-electron chi connectivity index (χ2n) is 3.20. The molecule has 17 heavy (non-hydrogen) atoms. The van der Waals surface area contributed by atoms with Gasteiger partial charge in [-0.1, -0.05) is 0 Å². The van der Waals surface area contributed by atoms with Crippen LogP contribution in [0.1, 0.15) is 17.3 Å². The zero-order valence-electron chi connectivity index (χ0n) is 9.87. The number of hydrazine groups is 1. The van der Waals surface area contributed by atoms with Gasteiger partial charge in [0.05, 0.1) is 19.8 Å². The van der Waals surface area contributed by atoms with Crippen molar-refractivity contribution in [2.24, 2.45) is 0 Å². The van der Waals surface area contributed by atoms with Crippen LogP contribution < -0.4 is 20.3 Å². The molecule has 2 amide bonds. The average molecular weight is 238 g/mol. The number of carbonyl (C=O) groups excluding carboxylic acids is 2. The number of rotatable bonds is 3. The quantitative estimate of drug-likeness (QED) is 0.751. The Morgan fingerprint density at radius 1 is 1.12 bits per heavy atom. The minimum absolute atomic E-state index is 0.307. The van der Waals surface area contributed by atoms with E-state index >= 15 is 0 Å². The molecule has 0 aliphatic heterocycles. The third kappa shape index (κ3) is 3.37. The van der Waals surface area contributed by atoms with Gasteiger partial charge >= 0.3 is 0 Å². The van der Waals surface area contributed by atoms with Gasteiger partial charge in [0.15, 0.2) is 0 Å². The van der Waals surface area contributed by atoms with Crippen LogP contribution in [0.4, 0.5) is 0 Å². The molecule has 0 atom stereocenters. The van der Waals surface area contributed by atoms with Gasteiger partial charge in [0.1, 0.15) is 11.5 Å². The van der Waals surface area contributed by atoms with Crippen LogP contribution >= 0.6 is 0 Å². The molecule has 0 unspecified atom stereocenters. The third-order valence-electron chi connectivity index (χ3n) is 2.01. The lowest BCUT2D eigenvalue weighted by atomic mass is 10.2. The normalized spacial score (nSPS) is 9.35. The highest BCUT2D eigenvalue weighted by Gasteiger charge is 2.13. The Kier molecular flexibility index (Phi) is 4.33. The molecule has 0 spiro atoms. The molecule has 6 heteroatoms. The SMILES string of the molecule is COc1ccc(C(=O)NNC(C)=O)c(OC)c1. The number of hydrogen-bond acceptors (Lipinski definition) is 4. The smallest absolute Gasteiger partial charge is 0.273 e. The lowest BCUT2D eigenvalue weighted by molar-refractivity contribution is -0.119. The van der Waals surface area contributed by atoms with Crippen LogP contribution in [-0.4, -0.2) is 26.0 Å². The molecule has 1 rings (SSSR count). The monoisotopic (exact) mass is 238 g/mol. The van der Waals surface area contributed by atoms with Crippen molar-refractivity contribution in [3.63, 3.8) is 0 Å². The fourth-order valence-electron chi connectivity index (χ4n) is 1.20. The van der Waals surface area contributed by atoms with Gasteiger partial charge in [-0.3, -0.25) is 20.4 Å². The van der Waals surface area contributed by atoms with E-state index < -0.39 is 5.91 Å². The lowest BCUT2D eigenvalue weighted by Crippen LogP contribution is -2.40. The van der Waals surface area contributed by atoms with E-state index in [9.17, 15) is 9.59 Å². The van der Waals surface area contributed by atoms with Crippen molar-refractivity contribution in [1.82, 2.24) is 10.9 Å². The zero-order valence-corrected chi connectivity index (χ0v) is 9.87. The Hall–Kier alpha value is -2.24. The summed E-state index contributed by atoms with van der Waals surface area (Å²) in [5.74, 6) is 0.135. The molecule has 0 aliphatic carbocycles. The first kappa shape index (κ1) is 12.8. The second-order valence-corrected chi connectivity index (χ2v) is 3.20. The topological polar surface area (TPSA) is 76.7 Å². The van der Waals surface area contributed by atoms with Crippen molar-refractivity contribution in [3.05, 3.63) is 23.8 Å². The van der Waals surface area contributed by atoms with E-state index in [1.807, 2.05) is 0 Å². The number of methoxy groups -OCH3 is 2. The molecule has 0 saturated heterocycles. The van der Waals surface area contributed by atoms with Crippen LogP contribution in [0.15, 0.2) is 18.2 Å². The van der Waals surface area contributed by atoms with Crippen LogP contribution in [-0.2, 0) is 4.79 Å². The van der Waals surface area contributed by atoms with Gasteiger partial charge < -0.3 is 9.47 Å². The van der Waals surface area contributed by atoms with Gasteiger partial charge in [0.2, 0.25) is 5.91 Å². The molecule has 2 N–H and O–H groups in total. The molecular formula is C11H14N2O4. The summed E-state index contributed by atoms with van der Waals surface area (Å²) in [5, 5.41) is 0. The summed E-state index contributed by atoms with van der Waals surface area (Å²) in [6.45, 7) is 1.30. The Morgan fingerprint density at radius 2 is 1.82 bits per heavy atom. The van der Waals surface area contributed by atoms with Gasteiger partial charge in [-0.25, -0.2) is 0 Å². The minimum Gasteiger partial charge on any atom is -0.497 e. The van der Waals surface area contributed by atoms with Gasteiger partial charge in [-0.2, -0.15) is 0 Å². The van der Waals surface area contributed by atoms with Gasteiger partial charge in [-0.05, 0) is 12.1 Å². The summed E-state index contributed by atoms with van der Waals surface area (Å²) in [6.07, 6.45) is 0. The molecule has 0 aliphatic rings. The highest BCUT2D eigenvalue weighted by molar-refractivity contribution is 5.97. The molecule has 0 aromatic heterocycles. The summed E-state index contributed by atoms with van der Waals surface area (Å²) in [4.78, 5) is 22.3. The van der Waals surface area contributed by atoms with Crippen molar-refractivity contribution in [1.29, 1.82) is 0 Å². The maximum Gasteiger partial charge on any atom is 0.273 e. The summed E-state index contributed by atoms with van der Waals surface area (Å²) >= 11 is 0. The summed E-state index contributed by atoms with van der Waals surface area (Å²) in [7, 11) is 2.97. The summed E-state index contributed by atoms with van der Waals surface area (Å²) in [5.41, 5.74) is 4.76. The average Bonchev–Trinajstić information content (AvgIpc) is 2.34. The standard InChI is InChI=1S/C11H14N2O4/c1-7(14)12-13-11(15)9-5-4-8(16-2)6-10(9)17-3/h4-6H,1-3H3,(H,12,14)(H,13,15). The third-order valence-corrected chi connectivity index (χ3v) is 2.01. The van der Waals surface area contributed by atoms with E-state index in [1.54, 1.807) is 18.2 Å². The van der Waals surface area contributed by atoms with Crippen molar-refractivity contribution in [3.8, 4) is 11.5 Å². The highest BCUT2D eigenvalue weighted by atomic mass is 16.5. The van der Waals surface area contributed by atoms with Crippen molar-refractivity contribution < 1.29 is 19.1 Å². The Balaban J connectivity index is 2.89. The number of hydrogen-bond donors (Lipinski definition) is 2. The molecular weight excluding hydrogens is 224 g/mol. The fourth-order valence-corrected chi connectivity index (χ4v) is 1.20. The second kappa shape index (κ2) is 5.74. The van der Waals surface area contributed by atoms with Gasteiger partial charge in [0, 0.05) is 13.0 Å². The Morgan fingerprint density at radius 3 is 2.35 bits per heavy atom. The number of benzene rings is 1. The predicted molar refractivity (Wildman–Crippen MR) is 60.8 cm³/mol. The van der Waals surface area contributed by atoms with Gasteiger partial charge in [0.25, 0.3) is 5.91 Å². The van der Waals surface area contributed by atoms with Gasteiger partial charge in [-0.15, -0.1) is 0 Å². The van der Waals surface area contributed by atoms with E-state index in [4.69, 9.17) is 9.47 Å². The molecule has 0 heterocycles. The molecule has 0 fully saturated rings. The summed E-state index contributed by atoms with van der Waals surface area (Å²) in [6, 6.07) is 4.77. The first-order chi connectivity index (χ1) is 8.08. The number of ether oxygens (including phenoxy) is 2. The zero-order chi connectivity index (χ0) is 12.8. The largest absolute Gasteiger partial charge is 0.497 e. The van der Waals surface area contributed by atoms with Crippen LogP contribution in [0.3, 0.4) is 0 Å². The summed E-state index contributed by atoms with van der Waals surface area (Å²) < 4.78 is 10.1. The highest BCUT2D eigenvalue weighted by Crippen LogP contribution is 2.24. The Bertz CT molecular complexity index is 431. The van der Waals surface area contributed by atoms with E-state index in [2.05, 4.69) is 10.9 Å². The molecule has 1 aromatic rings. The maximum absolute atomic E-state index is 11.7. The Labute approximate surface area is 98.9 Å². The molecule has 1 aromatic carbocycles.